The quantitative estimate of drug-likeness (QED) is 0.823. The van der Waals surface area contributed by atoms with Gasteiger partial charge in [-0.3, -0.25) is 4.68 Å². The topological polar surface area (TPSA) is 102 Å². The maximum Gasteiger partial charge on any atom is 0.226 e. The molecule has 1 aliphatic rings. The Kier molecular flexibility index (Phi) is 4.18. The molecule has 1 N–H and O–H groups in total. The van der Waals surface area contributed by atoms with E-state index in [0.717, 1.165) is 11.4 Å². The lowest BCUT2D eigenvalue weighted by Gasteiger charge is -2.25. The Morgan fingerprint density at radius 3 is 2.96 bits per heavy atom. The molecule has 0 aromatic carbocycles. The van der Waals surface area contributed by atoms with Crippen molar-refractivity contribution in [1.82, 2.24) is 24.1 Å². The van der Waals surface area contributed by atoms with Gasteiger partial charge in [-0.2, -0.15) is 14.4 Å². The fourth-order valence-corrected chi connectivity index (χ4v) is 3.16. The fourth-order valence-electron chi connectivity index (χ4n) is 2.38. The minimum absolute atomic E-state index is 0.349. The molecule has 1 aliphatic heterocycles. The van der Waals surface area contributed by atoms with Gasteiger partial charge in [-0.15, -0.1) is 0 Å². The summed E-state index contributed by atoms with van der Waals surface area (Å²) in [5, 5.41) is 7.55. The van der Waals surface area contributed by atoms with Gasteiger partial charge < -0.3 is 10.1 Å². The fraction of sp³-hybridized carbons (Fsp3) is 0.462. The zero-order valence-electron chi connectivity index (χ0n) is 12.9. The van der Waals surface area contributed by atoms with Crippen LogP contribution in [0.3, 0.4) is 0 Å². The Labute approximate surface area is 134 Å². The number of fused-ring (bicyclic) bond motifs is 1. The summed E-state index contributed by atoms with van der Waals surface area (Å²) < 4.78 is 31.6. The van der Waals surface area contributed by atoms with Crippen LogP contribution in [0.2, 0.25) is 0 Å². The second-order valence-corrected chi connectivity index (χ2v) is 7.21. The summed E-state index contributed by atoms with van der Waals surface area (Å²) in [6, 6.07) is 3.56. The number of ether oxygens (including phenoxy) is 1. The van der Waals surface area contributed by atoms with Gasteiger partial charge in [0.15, 0.2) is 0 Å². The molecule has 0 fully saturated rings. The standard InChI is InChI=1S/C13H18N6O3S/c1-22-12-3-4-14-13(16-12)15-8-10-7-11-9-18(23(2,20)21)5-6-19(11)17-10/h3-4,7H,5-6,8-9H2,1-2H3,(H,14,15,16). The van der Waals surface area contributed by atoms with Crippen LogP contribution in [0.4, 0.5) is 5.95 Å². The molecule has 10 heteroatoms. The normalized spacial score (nSPS) is 15.2. The summed E-state index contributed by atoms with van der Waals surface area (Å²) in [7, 11) is -1.63. The van der Waals surface area contributed by atoms with Crippen molar-refractivity contribution in [3.63, 3.8) is 0 Å². The highest BCUT2D eigenvalue weighted by molar-refractivity contribution is 7.88. The maximum absolute atomic E-state index is 11.6. The van der Waals surface area contributed by atoms with E-state index in [1.165, 1.54) is 10.6 Å². The van der Waals surface area contributed by atoms with Crippen molar-refractivity contribution in [2.75, 3.05) is 25.2 Å². The number of methoxy groups -OCH3 is 1. The molecule has 3 rings (SSSR count). The summed E-state index contributed by atoms with van der Waals surface area (Å²) in [6.45, 7) is 1.80. The van der Waals surface area contributed by atoms with E-state index < -0.39 is 10.0 Å². The number of aromatic nitrogens is 4. The largest absolute Gasteiger partial charge is 0.481 e. The summed E-state index contributed by atoms with van der Waals surface area (Å²) in [4.78, 5) is 8.27. The number of hydrogen-bond acceptors (Lipinski definition) is 7. The van der Waals surface area contributed by atoms with Crippen LogP contribution in [0.25, 0.3) is 0 Å². The summed E-state index contributed by atoms with van der Waals surface area (Å²) in [6.07, 6.45) is 2.83. The van der Waals surface area contributed by atoms with E-state index in [4.69, 9.17) is 4.74 Å². The lowest BCUT2D eigenvalue weighted by Crippen LogP contribution is -2.37. The van der Waals surface area contributed by atoms with Crippen LogP contribution in [0, 0.1) is 0 Å². The molecule has 0 saturated carbocycles. The van der Waals surface area contributed by atoms with Crippen LogP contribution in [0.1, 0.15) is 11.4 Å². The second kappa shape index (κ2) is 6.13. The lowest BCUT2D eigenvalue weighted by atomic mass is 10.3. The minimum atomic E-state index is -3.18. The van der Waals surface area contributed by atoms with E-state index in [0.29, 0.717) is 38.0 Å². The van der Waals surface area contributed by atoms with Gasteiger partial charge in [-0.1, -0.05) is 0 Å². The highest BCUT2D eigenvalue weighted by Gasteiger charge is 2.24. The molecule has 124 valence electrons. The van der Waals surface area contributed by atoms with Crippen LogP contribution in [0.15, 0.2) is 18.3 Å². The van der Waals surface area contributed by atoms with Gasteiger partial charge in [0.1, 0.15) is 0 Å². The monoisotopic (exact) mass is 338 g/mol. The van der Waals surface area contributed by atoms with Crippen molar-refractivity contribution in [2.24, 2.45) is 0 Å². The average Bonchev–Trinajstić information content (AvgIpc) is 2.94. The molecule has 0 unspecified atom stereocenters. The zero-order chi connectivity index (χ0) is 16.4. The summed E-state index contributed by atoms with van der Waals surface area (Å²) in [5.74, 6) is 0.934. The van der Waals surface area contributed by atoms with E-state index >= 15 is 0 Å². The summed E-state index contributed by atoms with van der Waals surface area (Å²) >= 11 is 0. The Bertz CT molecular complexity index is 804. The molecule has 2 aromatic heterocycles. The third-order valence-corrected chi connectivity index (χ3v) is 4.80. The lowest BCUT2D eigenvalue weighted by molar-refractivity contribution is 0.328. The van der Waals surface area contributed by atoms with Crippen molar-refractivity contribution in [3.05, 3.63) is 29.7 Å². The Balaban J connectivity index is 1.68. The van der Waals surface area contributed by atoms with Gasteiger partial charge >= 0.3 is 0 Å². The van der Waals surface area contributed by atoms with E-state index in [1.54, 1.807) is 19.4 Å². The second-order valence-electron chi connectivity index (χ2n) is 5.22. The molecule has 0 atom stereocenters. The zero-order valence-corrected chi connectivity index (χ0v) is 13.7. The van der Waals surface area contributed by atoms with E-state index in [2.05, 4.69) is 20.4 Å². The molecule has 2 aromatic rings. The average molecular weight is 338 g/mol. The predicted octanol–water partition coefficient (Wildman–Crippen LogP) is 0.0690. The van der Waals surface area contributed by atoms with Crippen molar-refractivity contribution in [2.45, 2.75) is 19.6 Å². The van der Waals surface area contributed by atoms with Crippen LogP contribution in [0.5, 0.6) is 5.88 Å². The van der Waals surface area contributed by atoms with Gasteiger partial charge in [-0.25, -0.2) is 13.4 Å². The van der Waals surface area contributed by atoms with Gasteiger partial charge in [0, 0.05) is 18.8 Å². The molecule has 23 heavy (non-hydrogen) atoms. The first-order valence-corrected chi connectivity index (χ1v) is 8.92. The first-order chi connectivity index (χ1) is 11.0. The maximum atomic E-state index is 11.6. The third kappa shape index (κ3) is 3.59. The number of nitrogens with zero attached hydrogens (tertiary/aromatic N) is 5. The number of hydrogen-bond donors (Lipinski definition) is 1. The van der Waals surface area contributed by atoms with E-state index in [1.807, 2.05) is 10.7 Å². The Morgan fingerprint density at radius 1 is 1.39 bits per heavy atom. The van der Waals surface area contributed by atoms with Crippen molar-refractivity contribution in [1.29, 1.82) is 0 Å². The third-order valence-electron chi connectivity index (χ3n) is 3.55. The number of nitrogens with one attached hydrogen (secondary N) is 1. The molecule has 0 radical (unpaired) electrons. The highest BCUT2D eigenvalue weighted by atomic mass is 32.2. The predicted molar refractivity (Wildman–Crippen MR) is 83.4 cm³/mol. The Morgan fingerprint density at radius 2 is 2.22 bits per heavy atom. The smallest absolute Gasteiger partial charge is 0.226 e. The molecule has 9 nitrogen and oxygen atoms in total. The first-order valence-electron chi connectivity index (χ1n) is 7.07. The number of sulfonamides is 1. The van der Waals surface area contributed by atoms with Crippen LogP contribution >= 0.6 is 0 Å². The molecule has 0 spiro atoms. The van der Waals surface area contributed by atoms with Crippen molar-refractivity contribution in [3.8, 4) is 5.88 Å². The van der Waals surface area contributed by atoms with Gasteiger partial charge in [0.05, 0.1) is 44.4 Å². The summed E-state index contributed by atoms with van der Waals surface area (Å²) in [5.41, 5.74) is 1.69. The van der Waals surface area contributed by atoms with Gasteiger partial charge in [0.25, 0.3) is 0 Å². The van der Waals surface area contributed by atoms with Crippen molar-refractivity contribution < 1.29 is 13.2 Å². The first kappa shape index (κ1) is 15.7. The van der Waals surface area contributed by atoms with Crippen LogP contribution < -0.4 is 10.1 Å². The van der Waals surface area contributed by atoms with Crippen molar-refractivity contribution >= 4 is 16.0 Å². The van der Waals surface area contributed by atoms with E-state index in [9.17, 15) is 8.42 Å². The van der Waals surface area contributed by atoms with Crippen LogP contribution in [-0.4, -0.2) is 52.4 Å². The van der Waals surface area contributed by atoms with Crippen LogP contribution in [-0.2, 0) is 29.7 Å². The molecular formula is C13H18N6O3S. The Hall–Kier alpha value is -2.20. The molecule has 0 aliphatic carbocycles. The minimum Gasteiger partial charge on any atom is -0.481 e. The SMILES string of the molecule is COc1ccnc(NCc2cc3n(n2)CCN(S(C)(=O)=O)C3)n1. The molecule has 0 amide bonds. The van der Waals surface area contributed by atoms with E-state index in [-0.39, 0.29) is 0 Å². The molecule has 0 bridgehead atoms. The highest BCUT2D eigenvalue weighted by Crippen LogP contribution is 2.16. The number of rotatable bonds is 5. The van der Waals surface area contributed by atoms with Gasteiger partial charge in [0.2, 0.25) is 21.9 Å². The molecule has 3 heterocycles. The molecule has 0 saturated heterocycles. The molecular weight excluding hydrogens is 320 g/mol. The number of anilines is 1. The van der Waals surface area contributed by atoms with Gasteiger partial charge in [-0.05, 0) is 6.07 Å².